The molecule has 0 N–H and O–H groups in total. The van der Waals surface area contributed by atoms with Crippen molar-refractivity contribution in [3.63, 3.8) is 0 Å². The van der Waals surface area contributed by atoms with Gasteiger partial charge >= 0.3 is 5.97 Å². The molecule has 3 heteroatoms. The van der Waals surface area contributed by atoms with E-state index in [1.165, 1.54) is 26.4 Å². The third-order valence-corrected chi connectivity index (χ3v) is 2.48. The lowest BCUT2D eigenvalue weighted by Crippen LogP contribution is -2.42. The van der Waals surface area contributed by atoms with Crippen molar-refractivity contribution in [3.8, 4) is 0 Å². The van der Waals surface area contributed by atoms with Crippen molar-refractivity contribution in [2.75, 3.05) is 20.2 Å². The van der Waals surface area contributed by atoms with E-state index < -0.39 is 0 Å². The molecule has 1 aliphatic rings. The molecule has 1 rings (SSSR count). The van der Waals surface area contributed by atoms with Crippen LogP contribution in [0.5, 0.6) is 0 Å². The molecule has 0 spiro atoms. The molecule has 0 amide bonds. The average molecular weight is 171 g/mol. The standard InChI is InChI=1S/C9H17NO2/c1-8(9(11)12-2)10-6-4-3-5-7-10/h8H,3-7H2,1-2H3/t8-/m0/s1. The number of likely N-dealkylation sites (tertiary alicyclic amines) is 1. The Labute approximate surface area is 73.7 Å². The van der Waals surface area contributed by atoms with E-state index in [2.05, 4.69) is 9.64 Å². The summed E-state index contributed by atoms with van der Waals surface area (Å²) >= 11 is 0. The normalized spacial score (nSPS) is 21.8. The third-order valence-electron chi connectivity index (χ3n) is 2.48. The largest absolute Gasteiger partial charge is 0.468 e. The van der Waals surface area contributed by atoms with Gasteiger partial charge in [0.2, 0.25) is 0 Å². The number of methoxy groups -OCH3 is 1. The van der Waals surface area contributed by atoms with Gasteiger partial charge in [0.1, 0.15) is 6.04 Å². The summed E-state index contributed by atoms with van der Waals surface area (Å²) in [4.78, 5) is 13.3. The summed E-state index contributed by atoms with van der Waals surface area (Å²) in [5.74, 6) is -0.114. The van der Waals surface area contributed by atoms with E-state index in [4.69, 9.17) is 0 Å². The zero-order valence-corrected chi connectivity index (χ0v) is 7.88. The van der Waals surface area contributed by atoms with Crippen LogP contribution in [-0.4, -0.2) is 37.1 Å². The lowest BCUT2D eigenvalue weighted by molar-refractivity contribution is -0.146. The molecular formula is C9H17NO2. The molecule has 1 saturated heterocycles. The van der Waals surface area contributed by atoms with Crippen LogP contribution >= 0.6 is 0 Å². The van der Waals surface area contributed by atoms with Crippen molar-refractivity contribution in [1.82, 2.24) is 4.90 Å². The number of ether oxygens (including phenoxy) is 1. The van der Waals surface area contributed by atoms with Crippen molar-refractivity contribution in [2.24, 2.45) is 0 Å². The molecule has 0 radical (unpaired) electrons. The van der Waals surface area contributed by atoms with E-state index >= 15 is 0 Å². The number of carbonyl (C=O) groups is 1. The molecule has 12 heavy (non-hydrogen) atoms. The van der Waals surface area contributed by atoms with Crippen LogP contribution in [0.4, 0.5) is 0 Å². The van der Waals surface area contributed by atoms with Crippen molar-refractivity contribution in [3.05, 3.63) is 0 Å². The second-order valence-electron chi connectivity index (χ2n) is 3.30. The van der Waals surface area contributed by atoms with E-state index in [-0.39, 0.29) is 12.0 Å². The first-order valence-corrected chi connectivity index (χ1v) is 4.57. The summed E-state index contributed by atoms with van der Waals surface area (Å²) in [5.41, 5.74) is 0. The molecule has 0 saturated carbocycles. The molecule has 0 aromatic rings. The maximum atomic E-state index is 11.1. The van der Waals surface area contributed by atoms with Gasteiger partial charge in [-0.2, -0.15) is 0 Å². The van der Waals surface area contributed by atoms with Crippen LogP contribution in [0.1, 0.15) is 26.2 Å². The highest BCUT2D eigenvalue weighted by Gasteiger charge is 2.22. The molecule has 1 heterocycles. The third kappa shape index (κ3) is 2.21. The van der Waals surface area contributed by atoms with Crippen LogP contribution in [0.25, 0.3) is 0 Å². The van der Waals surface area contributed by atoms with Crippen molar-refractivity contribution in [1.29, 1.82) is 0 Å². The Morgan fingerprint density at radius 1 is 1.33 bits per heavy atom. The summed E-state index contributed by atoms with van der Waals surface area (Å²) < 4.78 is 4.68. The summed E-state index contributed by atoms with van der Waals surface area (Å²) in [7, 11) is 1.45. The predicted molar refractivity (Wildman–Crippen MR) is 46.9 cm³/mol. The van der Waals surface area contributed by atoms with Crippen LogP contribution in [0.3, 0.4) is 0 Å². The Balaban J connectivity index is 2.39. The zero-order chi connectivity index (χ0) is 8.97. The first kappa shape index (κ1) is 9.52. The Morgan fingerprint density at radius 3 is 2.42 bits per heavy atom. The van der Waals surface area contributed by atoms with Gasteiger partial charge in [0.05, 0.1) is 7.11 Å². The van der Waals surface area contributed by atoms with E-state index in [9.17, 15) is 4.79 Å². The lowest BCUT2D eigenvalue weighted by Gasteiger charge is -2.30. The van der Waals surface area contributed by atoms with Crippen molar-refractivity contribution < 1.29 is 9.53 Å². The summed E-state index contributed by atoms with van der Waals surface area (Å²) in [5, 5.41) is 0. The lowest BCUT2D eigenvalue weighted by atomic mass is 10.1. The molecule has 0 aromatic carbocycles. The molecule has 1 fully saturated rings. The highest BCUT2D eigenvalue weighted by Crippen LogP contribution is 2.12. The van der Waals surface area contributed by atoms with Gasteiger partial charge in [-0.05, 0) is 32.9 Å². The van der Waals surface area contributed by atoms with Gasteiger partial charge in [-0.3, -0.25) is 9.69 Å². The van der Waals surface area contributed by atoms with Crippen LogP contribution < -0.4 is 0 Å². The van der Waals surface area contributed by atoms with Gasteiger partial charge in [0.15, 0.2) is 0 Å². The molecule has 0 bridgehead atoms. The van der Waals surface area contributed by atoms with Crippen LogP contribution in [0, 0.1) is 0 Å². The van der Waals surface area contributed by atoms with Gasteiger partial charge in [-0.15, -0.1) is 0 Å². The second-order valence-corrected chi connectivity index (χ2v) is 3.30. The fraction of sp³-hybridized carbons (Fsp3) is 0.889. The number of piperidine rings is 1. The number of hydrogen-bond acceptors (Lipinski definition) is 3. The zero-order valence-electron chi connectivity index (χ0n) is 7.88. The summed E-state index contributed by atoms with van der Waals surface area (Å²) in [6.07, 6.45) is 3.72. The maximum absolute atomic E-state index is 11.1. The number of nitrogens with zero attached hydrogens (tertiary/aromatic N) is 1. The predicted octanol–water partition coefficient (Wildman–Crippen LogP) is 1.03. The van der Waals surface area contributed by atoms with Crippen LogP contribution in [0.2, 0.25) is 0 Å². The van der Waals surface area contributed by atoms with Gasteiger partial charge in [-0.1, -0.05) is 6.42 Å². The number of esters is 1. The molecule has 3 nitrogen and oxygen atoms in total. The first-order chi connectivity index (χ1) is 5.75. The number of carbonyl (C=O) groups excluding carboxylic acids is 1. The minimum absolute atomic E-state index is 0.0599. The van der Waals surface area contributed by atoms with Gasteiger partial charge in [0.25, 0.3) is 0 Å². The minimum Gasteiger partial charge on any atom is -0.468 e. The Bertz CT molecular complexity index is 153. The Morgan fingerprint density at radius 2 is 1.92 bits per heavy atom. The van der Waals surface area contributed by atoms with Crippen molar-refractivity contribution >= 4 is 5.97 Å². The molecule has 0 aromatic heterocycles. The molecular weight excluding hydrogens is 154 g/mol. The monoisotopic (exact) mass is 171 g/mol. The average Bonchev–Trinajstić information content (AvgIpc) is 2.17. The number of hydrogen-bond donors (Lipinski definition) is 0. The molecule has 70 valence electrons. The van der Waals surface area contributed by atoms with Crippen LogP contribution in [-0.2, 0) is 9.53 Å². The topological polar surface area (TPSA) is 29.5 Å². The molecule has 1 aliphatic heterocycles. The maximum Gasteiger partial charge on any atom is 0.322 e. The fourth-order valence-corrected chi connectivity index (χ4v) is 1.63. The summed E-state index contributed by atoms with van der Waals surface area (Å²) in [6, 6.07) is -0.0599. The molecule has 0 aliphatic carbocycles. The summed E-state index contributed by atoms with van der Waals surface area (Å²) in [6.45, 7) is 3.99. The van der Waals surface area contributed by atoms with Gasteiger partial charge < -0.3 is 4.74 Å². The first-order valence-electron chi connectivity index (χ1n) is 4.57. The molecule has 1 atom stereocenters. The highest BCUT2D eigenvalue weighted by atomic mass is 16.5. The SMILES string of the molecule is COC(=O)[C@H](C)N1CCCCC1. The van der Waals surface area contributed by atoms with Crippen LogP contribution in [0.15, 0.2) is 0 Å². The van der Waals surface area contributed by atoms with Gasteiger partial charge in [-0.25, -0.2) is 0 Å². The van der Waals surface area contributed by atoms with Gasteiger partial charge in [0, 0.05) is 0 Å². The Kier molecular flexibility index (Phi) is 3.53. The Hall–Kier alpha value is -0.570. The second kappa shape index (κ2) is 4.45. The minimum atomic E-state index is -0.114. The number of rotatable bonds is 2. The molecule has 0 unspecified atom stereocenters. The van der Waals surface area contributed by atoms with E-state index in [1.807, 2.05) is 6.92 Å². The fourth-order valence-electron chi connectivity index (χ4n) is 1.63. The van der Waals surface area contributed by atoms with Crippen molar-refractivity contribution in [2.45, 2.75) is 32.2 Å². The van der Waals surface area contributed by atoms with E-state index in [1.54, 1.807) is 0 Å². The smallest absolute Gasteiger partial charge is 0.322 e. The highest BCUT2D eigenvalue weighted by molar-refractivity contribution is 5.75. The quantitative estimate of drug-likeness (QED) is 0.581. The van der Waals surface area contributed by atoms with E-state index in [0.717, 1.165) is 13.1 Å². The van der Waals surface area contributed by atoms with E-state index in [0.29, 0.717) is 0 Å².